The summed E-state index contributed by atoms with van der Waals surface area (Å²) in [5.41, 5.74) is 3.05. The van der Waals surface area contributed by atoms with Crippen molar-refractivity contribution in [3.63, 3.8) is 0 Å². The Morgan fingerprint density at radius 3 is 2.60 bits per heavy atom. The van der Waals surface area contributed by atoms with E-state index in [0.29, 0.717) is 0 Å². The molecule has 2 aromatic carbocycles. The van der Waals surface area contributed by atoms with Gasteiger partial charge in [-0.15, -0.1) is 27.2 Å². The molecule has 0 saturated heterocycles. The average Bonchev–Trinajstić information content (AvgIpc) is 3.05. The minimum Gasteiger partial charge on any atom is -0.497 e. The number of aromatic nitrogens is 3. The van der Waals surface area contributed by atoms with Crippen molar-refractivity contribution in [1.82, 2.24) is 14.9 Å². The lowest BCUT2D eigenvalue weighted by molar-refractivity contribution is 0.415. The normalized spacial score (nSPS) is 12.8. The molecule has 1 aromatic heterocycles. The van der Waals surface area contributed by atoms with E-state index < -0.39 is 0 Å². The monoisotopic (exact) mass is 480 g/mol. The number of ether oxygens (including phenoxy) is 1. The molecule has 0 amide bonds. The SMILES string of the molecule is Br.COc1ccc(-c2nnc3n2N=C(c2cccc(Br)c2)CS3)cc1. The van der Waals surface area contributed by atoms with Crippen molar-refractivity contribution in [2.24, 2.45) is 5.10 Å². The van der Waals surface area contributed by atoms with Gasteiger partial charge in [0.2, 0.25) is 5.16 Å². The zero-order chi connectivity index (χ0) is 16.5. The van der Waals surface area contributed by atoms with Gasteiger partial charge in [-0.1, -0.05) is 39.8 Å². The standard InChI is InChI=1S/C17H13BrN4OS.BrH/c1-23-14-7-5-11(6-8-14)16-19-20-17-22(16)21-15(10-24-17)12-3-2-4-13(18)9-12;/h2-9H,10H2,1H3;1H. The smallest absolute Gasteiger partial charge is 0.212 e. The third-order valence-corrected chi connectivity index (χ3v) is 5.10. The van der Waals surface area contributed by atoms with Crippen molar-refractivity contribution < 1.29 is 4.74 Å². The number of rotatable bonds is 3. The fourth-order valence-corrected chi connectivity index (χ4v) is 3.69. The molecule has 0 fully saturated rings. The fourth-order valence-electron chi connectivity index (χ4n) is 2.46. The van der Waals surface area contributed by atoms with Crippen LogP contribution in [0.2, 0.25) is 0 Å². The molecule has 4 rings (SSSR count). The van der Waals surface area contributed by atoms with Gasteiger partial charge in [0.1, 0.15) is 5.75 Å². The molecule has 0 atom stereocenters. The molecule has 0 bridgehead atoms. The van der Waals surface area contributed by atoms with E-state index in [2.05, 4.69) is 38.3 Å². The van der Waals surface area contributed by atoms with Crippen LogP contribution in [0.25, 0.3) is 11.4 Å². The number of thioether (sulfide) groups is 1. The van der Waals surface area contributed by atoms with Gasteiger partial charge < -0.3 is 4.74 Å². The first-order valence-electron chi connectivity index (χ1n) is 7.31. The molecule has 8 heteroatoms. The lowest BCUT2D eigenvalue weighted by Crippen LogP contribution is -2.13. The fraction of sp³-hybridized carbons (Fsp3) is 0.118. The Morgan fingerprint density at radius 1 is 1.08 bits per heavy atom. The first kappa shape index (κ1) is 18.2. The average molecular weight is 482 g/mol. The van der Waals surface area contributed by atoms with Gasteiger partial charge in [-0.25, -0.2) is 0 Å². The van der Waals surface area contributed by atoms with Crippen LogP contribution in [-0.2, 0) is 0 Å². The zero-order valence-electron chi connectivity index (χ0n) is 13.2. The third-order valence-electron chi connectivity index (χ3n) is 3.68. The molecular weight excluding hydrogens is 468 g/mol. The van der Waals surface area contributed by atoms with Gasteiger partial charge in [0, 0.05) is 15.8 Å². The number of fused-ring (bicyclic) bond motifs is 1. The summed E-state index contributed by atoms with van der Waals surface area (Å²) in [6.07, 6.45) is 0. The quantitative estimate of drug-likeness (QED) is 0.546. The molecule has 1 aliphatic heterocycles. The Balaban J connectivity index is 0.00000182. The second-order valence-electron chi connectivity index (χ2n) is 5.19. The van der Waals surface area contributed by atoms with Gasteiger partial charge >= 0.3 is 0 Å². The number of hydrogen-bond donors (Lipinski definition) is 0. The predicted octanol–water partition coefficient (Wildman–Crippen LogP) is 4.65. The van der Waals surface area contributed by atoms with Crippen LogP contribution < -0.4 is 4.74 Å². The Morgan fingerprint density at radius 2 is 1.88 bits per heavy atom. The molecule has 1 aliphatic rings. The Labute approximate surface area is 168 Å². The second kappa shape index (κ2) is 7.72. The minimum atomic E-state index is 0. The van der Waals surface area contributed by atoms with E-state index in [0.717, 1.165) is 43.8 Å². The van der Waals surface area contributed by atoms with E-state index in [4.69, 9.17) is 9.84 Å². The van der Waals surface area contributed by atoms with E-state index in [1.165, 1.54) is 0 Å². The molecule has 0 N–H and O–H groups in total. The van der Waals surface area contributed by atoms with E-state index >= 15 is 0 Å². The molecule has 0 unspecified atom stereocenters. The summed E-state index contributed by atoms with van der Waals surface area (Å²) in [5.74, 6) is 2.31. The van der Waals surface area contributed by atoms with Crippen molar-refractivity contribution in [2.75, 3.05) is 12.9 Å². The molecule has 0 radical (unpaired) electrons. The number of hydrogen-bond acceptors (Lipinski definition) is 5. The van der Waals surface area contributed by atoms with Crippen molar-refractivity contribution >= 4 is 50.4 Å². The molecule has 0 saturated carbocycles. The zero-order valence-corrected chi connectivity index (χ0v) is 17.3. The van der Waals surface area contributed by atoms with Gasteiger partial charge in [-0.3, -0.25) is 0 Å². The predicted molar refractivity (Wildman–Crippen MR) is 109 cm³/mol. The Kier molecular flexibility index (Phi) is 5.61. The third kappa shape index (κ3) is 3.65. The highest BCUT2D eigenvalue weighted by molar-refractivity contribution is 9.10. The van der Waals surface area contributed by atoms with Crippen LogP contribution >= 0.6 is 44.7 Å². The van der Waals surface area contributed by atoms with Gasteiger partial charge in [0.25, 0.3) is 0 Å². The molecule has 0 aliphatic carbocycles. The Bertz CT molecular complexity index is 925. The van der Waals surface area contributed by atoms with Gasteiger partial charge in [-0.05, 0) is 42.0 Å². The molecule has 2 heterocycles. The van der Waals surface area contributed by atoms with Crippen molar-refractivity contribution in [2.45, 2.75) is 5.16 Å². The van der Waals surface area contributed by atoms with Crippen molar-refractivity contribution in [1.29, 1.82) is 0 Å². The maximum atomic E-state index is 5.21. The van der Waals surface area contributed by atoms with Crippen molar-refractivity contribution in [3.8, 4) is 17.1 Å². The summed E-state index contributed by atoms with van der Waals surface area (Å²) in [5, 5.41) is 14.1. The molecule has 5 nitrogen and oxygen atoms in total. The van der Waals surface area contributed by atoms with Crippen LogP contribution in [-0.4, -0.2) is 33.4 Å². The van der Waals surface area contributed by atoms with Crippen LogP contribution in [0.1, 0.15) is 5.56 Å². The molecule has 25 heavy (non-hydrogen) atoms. The highest BCUT2D eigenvalue weighted by atomic mass is 79.9. The van der Waals surface area contributed by atoms with Gasteiger partial charge in [0.05, 0.1) is 12.8 Å². The van der Waals surface area contributed by atoms with Crippen LogP contribution in [0, 0.1) is 0 Å². The minimum absolute atomic E-state index is 0. The summed E-state index contributed by atoms with van der Waals surface area (Å²) in [4.78, 5) is 0. The first-order valence-corrected chi connectivity index (χ1v) is 9.09. The number of benzene rings is 2. The van der Waals surface area contributed by atoms with Gasteiger partial charge in [0.15, 0.2) is 5.82 Å². The maximum Gasteiger partial charge on any atom is 0.212 e. The van der Waals surface area contributed by atoms with Crippen LogP contribution in [0.5, 0.6) is 5.75 Å². The molecular formula is C17H14Br2N4OS. The van der Waals surface area contributed by atoms with Gasteiger partial charge in [-0.2, -0.15) is 9.78 Å². The van der Waals surface area contributed by atoms with Crippen molar-refractivity contribution in [3.05, 3.63) is 58.6 Å². The summed E-state index contributed by atoms with van der Waals surface area (Å²) in [7, 11) is 1.65. The van der Waals surface area contributed by atoms with Crippen LogP contribution in [0.15, 0.2) is 63.3 Å². The molecule has 0 spiro atoms. The summed E-state index contributed by atoms with van der Waals surface area (Å²) < 4.78 is 8.06. The summed E-state index contributed by atoms with van der Waals surface area (Å²) in [6, 6.07) is 15.9. The first-order chi connectivity index (χ1) is 11.7. The highest BCUT2D eigenvalue weighted by Crippen LogP contribution is 2.29. The molecule has 128 valence electrons. The van der Waals surface area contributed by atoms with Crippen LogP contribution in [0.4, 0.5) is 0 Å². The molecule has 3 aromatic rings. The topological polar surface area (TPSA) is 52.3 Å². The van der Waals surface area contributed by atoms with E-state index in [9.17, 15) is 0 Å². The summed E-state index contributed by atoms with van der Waals surface area (Å²) >= 11 is 5.15. The lowest BCUT2D eigenvalue weighted by atomic mass is 10.1. The number of halogens is 2. The number of methoxy groups -OCH3 is 1. The number of nitrogens with zero attached hydrogens (tertiary/aromatic N) is 4. The second-order valence-corrected chi connectivity index (χ2v) is 7.05. The van der Waals surface area contributed by atoms with E-state index in [1.807, 2.05) is 41.1 Å². The van der Waals surface area contributed by atoms with E-state index in [1.54, 1.807) is 18.9 Å². The Hall–Kier alpha value is -1.64. The lowest BCUT2D eigenvalue weighted by Gasteiger charge is -2.14. The largest absolute Gasteiger partial charge is 0.497 e. The summed E-state index contributed by atoms with van der Waals surface area (Å²) in [6.45, 7) is 0. The van der Waals surface area contributed by atoms with E-state index in [-0.39, 0.29) is 17.0 Å². The van der Waals surface area contributed by atoms with Crippen LogP contribution in [0.3, 0.4) is 0 Å². The highest BCUT2D eigenvalue weighted by Gasteiger charge is 2.20. The maximum absolute atomic E-state index is 5.21.